The normalized spacial score (nSPS) is 11.0. The van der Waals surface area contributed by atoms with Crippen molar-refractivity contribution in [3.8, 4) is 11.3 Å². The van der Waals surface area contributed by atoms with Gasteiger partial charge in [-0.3, -0.25) is 0 Å². The topological polar surface area (TPSA) is 68.3 Å². The molecule has 0 aliphatic carbocycles. The number of nitrogens with two attached hydrogens (primary N) is 1. The van der Waals surface area contributed by atoms with Crippen molar-refractivity contribution in [1.82, 2.24) is 4.98 Å². The minimum Gasteiger partial charge on any atom is -0.396 e. The molecule has 0 saturated heterocycles. The fraction of sp³-hybridized carbons (Fsp3) is 0. The molecule has 0 atom stereocenters. The molecular formula is C19H12BrN3O. The predicted molar refractivity (Wildman–Crippen MR) is 102 cm³/mol. The van der Waals surface area contributed by atoms with Gasteiger partial charge in [0.05, 0.1) is 16.9 Å². The van der Waals surface area contributed by atoms with Crippen LogP contribution in [0.1, 0.15) is 0 Å². The average Bonchev–Trinajstić information content (AvgIpc) is 2.62. The van der Waals surface area contributed by atoms with Crippen LogP contribution in [-0.2, 0) is 0 Å². The van der Waals surface area contributed by atoms with Crippen LogP contribution in [-0.4, -0.2) is 4.98 Å². The van der Waals surface area contributed by atoms with E-state index in [1.165, 1.54) is 0 Å². The molecule has 4 aromatic rings. The maximum atomic E-state index is 11.0. The fourth-order valence-corrected chi connectivity index (χ4v) is 3.23. The molecule has 4 rings (SSSR count). The van der Waals surface area contributed by atoms with E-state index in [2.05, 4.69) is 21.1 Å². The molecule has 116 valence electrons. The van der Waals surface area contributed by atoms with Gasteiger partial charge in [-0.2, -0.15) is 0 Å². The van der Waals surface area contributed by atoms with Crippen LogP contribution in [0.3, 0.4) is 0 Å². The van der Waals surface area contributed by atoms with Crippen molar-refractivity contribution in [1.29, 1.82) is 0 Å². The molecule has 0 spiro atoms. The second kappa shape index (κ2) is 5.69. The number of rotatable bonds is 2. The summed E-state index contributed by atoms with van der Waals surface area (Å²) in [6.07, 6.45) is 0. The van der Waals surface area contributed by atoms with E-state index in [0.29, 0.717) is 5.69 Å². The van der Waals surface area contributed by atoms with Gasteiger partial charge in [0.25, 0.3) is 0 Å². The average molecular weight is 378 g/mol. The lowest BCUT2D eigenvalue weighted by molar-refractivity contribution is 1.42. The molecule has 0 bridgehead atoms. The van der Waals surface area contributed by atoms with Crippen molar-refractivity contribution in [2.24, 2.45) is 5.18 Å². The van der Waals surface area contributed by atoms with Crippen LogP contribution in [0.4, 0.5) is 11.4 Å². The standard InChI is InChI=1S/C19H12BrN3O/c20-12-7-5-11(6-8-12)19-14-9-10-16(23-24)18(21)17(14)13-3-1-2-4-15(13)22-19/h1-10H,21H2. The smallest absolute Gasteiger partial charge is 0.131 e. The molecule has 0 fully saturated rings. The summed E-state index contributed by atoms with van der Waals surface area (Å²) < 4.78 is 1.00. The van der Waals surface area contributed by atoms with E-state index in [1.807, 2.05) is 54.6 Å². The maximum absolute atomic E-state index is 11.0. The third-order valence-electron chi connectivity index (χ3n) is 4.10. The zero-order chi connectivity index (χ0) is 16.7. The molecule has 0 unspecified atom stereocenters. The Morgan fingerprint density at radius 2 is 1.67 bits per heavy atom. The number of hydrogen-bond donors (Lipinski definition) is 1. The van der Waals surface area contributed by atoms with Gasteiger partial charge in [0, 0.05) is 26.2 Å². The SMILES string of the molecule is Nc1c(N=O)ccc2c(-c3ccc(Br)cc3)nc3ccccc3c12. The zero-order valence-corrected chi connectivity index (χ0v) is 14.1. The van der Waals surface area contributed by atoms with E-state index in [9.17, 15) is 4.91 Å². The van der Waals surface area contributed by atoms with Crippen LogP contribution in [0.15, 0.2) is 70.3 Å². The Kier molecular flexibility index (Phi) is 3.50. The van der Waals surface area contributed by atoms with Gasteiger partial charge in [0.1, 0.15) is 5.69 Å². The number of nitrogen functional groups attached to an aromatic ring is 1. The minimum absolute atomic E-state index is 0.251. The van der Waals surface area contributed by atoms with Gasteiger partial charge < -0.3 is 5.73 Å². The summed E-state index contributed by atoms with van der Waals surface area (Å²) in [6, 6.07) is 19.2. The summed E-state index contributed by atoms with van der Waals surface area (Å²) in [4.78, 5) is 15.9. The Labute approximate surface area is 146 Å². The molecule has 24 heavy (non-hydrogen) atoms. The number of nitrogens with zero attached hydrogens (tertiary/aromatic N) is 2. The monoisotopic (exact) mass is 377 g/mol. The van der Waals surface area contributed by atoms with Crippen LogP contribution >= 0.6 is 15.9 Å². The third kappa shape index (κ3) is 2.25. The first kappa shape index (κ1) is 14.8. The Hall–Kier alpha value is -2.79. The molecule has 0 radical (unpaired) electrons. The van der Waals surface area contributed by atoms with Gasteiger partial charge in [-0.05, 0) is 35.5 Å². The first-order valence-corrected chi connectivity index (χ1v) is 8.18. The Bertz CT molecular complexity index is 1090. The van der Waals surface area contributed by atoms with Crippen molar-refractivity contribution in [3.63, 3.8) is 0 Å². The number of pyridine rings is 1. The highest BCUT2D eigenvalue weighted by molar-refractivity contribution is 9.10. The van der Waals surface area contributed by atoms with Gasteiger partial charge in [-0.25, -0.2) is 4.98 Å². The van der Waals surface area contributed by atoms with Crippen LogP contribution in [0.2, 0.25) is 0 Å². The Balaban J connectivity index is 2.19. The highest BCUT2D eigenvalue weighted by Gasteiger charge is 2.14. The molecule has 1 heterocycles. The first-order valence-electron chi connectivity index (χ1n) is 7.39. The van der Waals surface area contributed by atoms with Crippen molar-refractivity contribution in [2.45, 2.75) is 0 Å². The molecule has 2 N–H and O–H groups in total. The van der Waals surface area contributed by atoms with E-state index in [-0.39, 0.29) is 5.69 Å². The van der Waals surface area contributed by atoms with Gasteiger partial charge in [0.2, 0.25) is 0 Å². The van der Waals surface area contributed by atoms with Crippen molar-refractivity contribution in [2.75, 3.05) is 5.73 Å². The van der Waals surface area contributed by atoms with Gasteiger partial charge in [-0.1, -0.05) is 46.3 Å². The number of nitroso groups, excluding NO2 is 1. The summed E-state index contributed by atoms with van der Waals surface area (Å²) in [5, 5.41) is 5.67. The van der Waals surface area contributed by atoms with Crippen LogP contribution in [0.25, 0.3) is 32.9 Å². The van der Waals surface area contributed by atoms with Crippen molar-refractivity contribution in [3.05, 3.63) is 70.0 Å². The zero-order valence-electron chi connectivity index (χ0n) is 12.5. The molecule has 1 aromatic heterocycles. The second-order valence-electron chi connectivity index (χ2n) is 5.50. The fourth-order valence-electron chi connectivity index (χ4n) is 2.97. The number of aromatic nitrogens is 1. The number of halogens is 1. The summed E-state index contributed by atoms with van der Waals surface area (Å²) >= 11 is 3.45. The summed E-state index contributed by atoms with van der Waals surface area (Å²) in [7, 11) is 0. The number of benzene rings is 3. The Morgan fingerprint density at radius 3 is 2.42 bits per heavy atom. The molecule has 0 amide bonds. The molecular weight excluding hydrogens is 366 g/mol. The lowest BCUT2D eigenvalue weighted by atomic mass is 9.98. The van der Waals surface area contributed by atoms with Gasteiger partial charge >= 0.3 is 0 Å². The molecule has 3 aromatic carbocycles. The van der Waals surface area contributed by atoms with Crippen LogP contribution < -0.4 is 5.73 Å². The summed E-state index contributed by atoms with van der Waals surface area (Å²) in [5.74, 6) is 0. The maximum Gasteiger partial charge on any atom is 0.131 e. The minimum atomic E-state index is 0.251. The van der Waals surface area contributed by atoms with E-state index in [4.69, 9.17) is 10.7 Å². The lowest BCUT2D eigenvalue weighted by Gasteiger charge is -2.12. The summed E-state index contributed by atoms with van der Waals surface area (Å²) in [5.41, 5.74) is 9.53. The van der Waals surface area contributed by atoms with Crippen LogP contribution in [0, 0.1) is 4.91 Å². The van der Waals surface area contributed by atoms with Gasteiger partial charge in [-0.15, -0.1) is 4.91 Å². The number of hydrogen-bond acceptors (Lipinski definition) is 4. The third-order valence-corrected chi connectivity index (χ3v) is 4.63. The lowest BCUT2D eigenvalue weighted by Crippen LogP contribution is -1.94. The molecule has 5 heteroatoms. The first-order chi connectivity index (χ1) is 11.7. The predicted octanol–water partition coefficient (Wildman–Crippen LogP) is 5.80. The number of anilines is 1. The van der Waals surface area contributed by atoms with Crippen molar-refractivity contribution >= 4 is 49.0 Å². The largest absolute Gasteiger partial charge is 0.396 e. The molecule has 4 nitrogen and oxygen atoms in total. The summed E-state index contributed by atoms with van der Waals surface area (Å²) in [6.45, 7) is 0. The van der Waals surface area contributed by atoms with E-state index >= 15 is 0 Å². The quantitative estimate of drug-likeness (QED) is 0.272. The molecule has 0 saturated carbocycles. The number of para-hydroxylation sites is 1. The highest BCUT2D eigenvalue weighted by atomic mass is 79.9. The Morgan fingerprint density at radius 1 is 0.917 bits per heavy atom. The highest BCUT2D eigenvalue weighted by Crippen LogP contribution is 2.39. The van der Waals surface area contributed by atoms with Crippen LogP contribution in [0.5, 0.6) is 0 Å². The van der Waals surface area contributed by atoms with Gasteiger partial charge in [0.15, 0.2) is 0 Å². The van der Waals surface area contributed by atoms with E-state index < -0.39 is 0 Å². The van der Waals surface area contributed by atoms with Crippen molar-refractivity contribution < 1.29 is 0 Å². The van der Waals surface area contributed by atoms with E-state index in [1.54, 1.807) is 6.07 Å². The van der Waals surface area contributed by atoms with E-state index in [0.717, 1.165) is 37.4 Å². The molecule has 0 aliphatic heterocycles. The number of fused-ring (bicyclic) bond motifs is 3. The molecule has 0 aliphatic rings. The second-order valence-corrected chi connectivity index (χ2v) is 6.41.